The lowest BCUT2D eigenvalue weighted by Gasteiger charge is -2.15. The van der Waals surface area contributed by atoms with Crippen molar-refractivity contribution in [3.63, 3.8) is 0 Å². The van der Waals surface area contributed by atoms with Gasteiger partial charge in [0.05, 0.1) is 6.54 Å². The third-order valence-corrected chi connectivity index (χ3v) is 3.99. The quantitative estimate of drug-likeness (QED) is 0.631. The van der Waals surface area contributed by atoms with Crippen LogP contribution in [0.25, 0.3) is 11.5 Å². The van der Waals surface area contributed by atoms with E-state index in [1.54, 1.807) is 19.2 Å². The molecule has 0 spiro atoms. The molecule has 0 saturated carbocycles. The van der Waals surface area contributed by atoms with Gasteiger partial charge in [-0.2, -0.15) is 0 Å². The van der Waals surface area contributed by atoms with Crippen molar-refractivity contribution in [1.29, 1.82) is 0 Å². The first kappa shape index (κ1) is 17.2. The molecule has 3 aromatic rings. The van der Waals surface area contributed by atoms with Crippen LogP contribution < -0.4 is 4.74 Å². The lowest BCUT2D eigenvalue weighted by molar-refractivity contribution is -0.132. The van der Waals surface area contributed by atoms with Crippen LogP contribution in [0.3, 0.4) is 0 Å². The SMILES string of the molecule is CN(Cc1nnc(-c2ccccc2)o1)C(=O)COc1ccc(Br)cc1. The van der Waals surface area contributed by atoms with E-state index in [1.807, 2.05) is 42.5 Å². The van der Waals surface area contributed by atoms with Gasteiger partial charge in [-0.15, -0.1) is 10.2 Å². The van der Waals surface area contributed by atoms with E-state index in [-0.39, 0.29) is 19.1 Å². The molecule has 0 unspecified atom stereocenters. The summed E-state index contributed by atoms with van der Waals surface area (Å²) in [5.41, 5.74) is 0.841. The van der Waals surface area contributed by atoms with Gasteiger partial charge in [0.1, 0.15) is 5.75 Å². The third-order valence-electron chi connectivity index (χ3n) is 3.46. The van der Waals surface area contributed by atoms with Crippen LogP contribution in [0, 0.1) is 0 Å². The van der Waals surface area contributed by atoms with Crippen LogP contribution in [0.2, 0.25) is 0 Å². The van der Waals surface area contributed by atoms with Crippen molar-refractivity contribution in [3.05, 3.63) is 65.0 Å². The Morgan fingerprint density at radius 1 is 1.12 bits per heavy atom. The Balaban J connectivity index is 1.54. The minimum absolute atomic E-state index is 0.0577. The number of likely N-dealkylation sites (N-methyl/N-ethyl adjacent to an activating group) is 1. The normalized spacial score (nSPS) is 10.5. The van der Waals surface area contributed by atoms with Crippen molar-refractivity contribution in [1.82, 2.24) is 15.1 Å². The highest BCUT2D eigenvalue weighted by Crippen LogP contribution is 2.18. The van der Waals surface area contributed by atoms with Gasteiger partial charge in [-0.05, 0) is 36.4 Å². The van der Waals surface area contributed by atoms with E-state index in [4.69, 9.17) is 9.15 Å². The summed E-state index contributed by atoms with van der Waals surface area (Å²) in [4.78, 5) is 13.7. The predicted molar refractivity (Wildman–Crippen MR) is 95.8 cm³/mol. The molecule has 6 nitrogen and oxygen atoms in total. The smallest absolute Gasteiger partial charge is 0.260 e. The number of benzene rings is 2. The number of carbonyl (C=O) groups is 1. The van der Waals surface area contributed by atoms with Crippen LogP contribution in [-0.2, 0) is 11.3 Å². The molecule has 1 aromatic heterocycles. The van der Waals surface area contributed by atoms with Gasteiger partial charge in [-0.25, -0.2) is 0 Å². The molecule has 0 saturated heterocycles. The van der Waals surface area contributed by atoms with Gasteiger partial charge in [0, 0.05) is 17.1 Å². The fourth-order valence-electron chi connectivity index (χ4n) is 2.09. The molecule has 0 N–H and O–H groups in total. The number of amides is 1. The van der Waals surface area contributed by atoms with Crippen molar-refractivity contribution in [2.75, 3.05) is 13.7 Å². The highest BCUT2D eigenvalue weighted by atomic mass is 79.9. The topological polar surface area (TPSA) is 68.5 Å². The second-order valence-corrected chi connectivity index (χ2v) is 6.28. The fourth-order valence-corrected chi connectivity index (χ4v) is 2.36. The van der Waals surface area contributed by atoms with Gasteiger partial charge < -0.3 is 14.1 Å². The zero-order valence-corrected chi connectivity index (χ0v) is 15.1. The Labute approximate surface area is 153 Å². The zero-order valence-electron chi connectivity index (χ0n) is 13.6. The molecule has 2 aromatic carbocycles. The van der Waals surface area contributed by atoms with Gasteiger partial charge in [0.2, 0.25) is 11.8 Å². The molecular weight excluding hydrogens is 386 g/mol. The zero-order chi connectivity index (χ0) is 17.6. The Bertz CT molecular complexity index is 834. The number of carbonyl (C=O) groups excluding carboxylic acids is 1. The van der Waals surface area contributed by atoms with Crippen LogP contribution in [0.15, 0.2) is 63.5 Å². The first-order valence-electron chi connectivity index (χ1n) is 7.62. The van der Waals surface area contributed by atoms with Gasteiger partial charge in [-0.3, -0.25) is 4.79 Å². The van der Waals surface area contributed by atoms with Crippen molar-refractivity contribution in [2.45, 2.75) is 6.54 Å². The summed E-state index contributed by atoms with van der Waals surface area (Å²) >= 11 is 3.35. The molecule has 0 aliphatic rings. The van der Waals surface area contributed by atoms with Crippen LogP contribution in [0.1, 0.15) is 5.89 Å². The summed E-state index contributed by atoms with van der Waals surface area (Å²) in [6.45, 7) is 0.167. The highest BCUT2D eigenvalue weighted by molar-refractivity contribution is 9.10. The van der Waals surface area contributed by atoms with Crippen LogP contribution in [0.4, 0.5) is 0 Å². The monoisotopic (exact) mass is 401 g/mol. The molecule has 3 rings (SSSR count). The van der Waals surface area contributed by atoms with Crippen LogP contribution >= 0.6 is 15.9 Å². The van der Waals surface area contributed by atoms with Gasteiger partial charge in [-0.1, -0.05) is 34.1 Å². The maximum Gasteiger partial charge on any atom is 0.260 e. The molecular formula is C18H16BrN3O3. The first-order chi connectivity index (χ1) is 12.1. The molecule has 0 radical (unpaired) electrons. The Kier molecular flexibility index (Phi) is 5.45. The van der Waals surface area contributed by atoms with Crippen molar-refractivity contribution in [3.8, 4) is 17.2 Å². The molecule has 25 heavy (non-hydrogen) atoms. The second-order valence-electron chi connectivity index (χ2n) is 5.36. The first-order valence-corrected chi connectivity index (χ1v) is 8.41. The standard InChI is InChI=1S/C18H16BrN3O3/c1-22(17(23)12-24-15-9-7-14(19)8-10-15)11-16-20-21-18(25-16)13-5-3-2-4-6-13/h2-10H,11-12H2,1H3. The number of hydrogen-bond donors (Lipinski definition) is 0. The van der Waals surface area contributed by atoms with E-state index >= 15 is 0 Å². The van der Waals surface area contributed by atoms with Gasteiger partial charge >= 0.3 is 0 Å². The number of aromatic nitrogens is 2. The number of nitrogens with zero attached hydrogens (tertiary/aromatic N) is 3. The average Bonchev–Trinajstić information content (AvgIpc) is 3.10. The van der Waals surface area contributed by atoms with E-state index in [2.05, 4.69) is 26.1 Å². The van der Waals surface area contributed by atoms with Crippen molar-refractivity contribution in [2.24, 2.45) is 0 Å². The molecule has 0 atom stereocenters. The summed E-state index contributed by atoms with van der Waals surface area (Å²) in [6, 6.07) is 16.8. The molecule has 1 amide bonds. The number of halogens is 1. The minimum Gasteiger partial charge on any atom is -0.484 e. The number of ether oxygens (including phenoxy) is 1. The maximum absolute atomic E-state index is 12.2. The third kappa shape index (κ3) is 4.67. The Morgan fingerprint density at radius 3 is 2.56 bits per heavy atom. The second kappa shape index (κ2) is 7.94. The molecule has 0 aliphatic heterocycles. The molecule has 0 fully saturated rings. The minimum atomic E-state index is -0.178. The molecule has 0 bridgehead atoms. The van der Waals surface area contributed by atoms with E-state index in [1.165, 1.54) is 4.90 Å². The highest BCUT2D eigenvalue weighted by Gasteiger charge is 2.15. The lowest BCUT2D eigenvalue weighted by Crippen LogP contribution is -2.31. The van der Waals surface area contributed by atoms with Crippen molar-refractivity contribution >= 4 is 21.8 Å². The molecule has 1 heterocycles. The molecule has 0 aliphatic carbocycles. The van der Waals surface area contributed by atoms with Crippen LogP contribution in [0.5, 0.6) is 5.75 Å². The number of hydrogen-bond acceptors (Lipinski definition) is 5. The van der Waals surface area contributed by atoms with Gasteiger partial charge in [0.15, 0.2) is 6.61 Å². The lowest BCUT2D eigenvalue weighted by atomic mass is 10.2. The summed E-state index contributed by atoms with van der Waals surface area (Å²) in [5.74, 6) is 1.26. The van der Waals surface area contributed by atoms with E-state index < -0.39 is 0 Å². The maximum atomic E-state index is 12.2. The van der Waals surface area contributed by atoms with Gasteiger partial charge in [0.25, 0.3) is 5.91 Å². The largest absolute Gasteiger partial charge is 0.484 e. The van der Waals surface area contributed by atoms with E-state index in [0.29, 0.717) is 17.5 Å². The summed E-state index contributed by atoms with van der Waals surface area (Å²) < 4.78 is 12.0. The average molecular weight is 402 g/mol. The molecule has 7 heteroatoms. The summed E-state index contributed by atoms with van der Waals surface area (Å²) in [5, 5.41) is 8.00. The summed E-state index contributed by atoms with van der Waals surface area (Å²) in [6.07, 6.45) is 0. The number of rotatable bonds is 6. The Morgan fingerprint density at radius 2 is 1.84 bits per heavy atom. The predicted octanol–water partition coefficient (Wildman–Crippen LogP) is 3.54. The fraction of sp³-hybridized carbons (Fsp3) is 0.167. The van der Waals surface area contributed by atoms with Crippen LogP contribution in [-0.4, -0.2) is 34.7 Å². The Hall–Kier alpha value is -2.67. The van der Waals surface area contributed by atoms with Crippen molar-refractivity contribution < 1.29 is 13.9 Å². The van der Waals surface area contributed by atoms with E-state index in [0.717, 1.165) is 10.0 Å². The molecule has 128 valence electrons. The van der Waals surface area contributed by atoms with E-state index in [9.17, 15) is 4.79 Å². The summed E-state index contributed by atoms with van der Waals surface area (Å²) in [7, 11) is 1.67.